The summed E-state index contributed by atoms with van der Waals surface area (Å²) in [5.41, 5.74) is 2.63. The minimum absolute atomic E-state index is 0.0184. The lowest BCUT2D eigenvalue weighted by Crippen LogP contribution is -2.30. The summed E-state index contributed by atoms with van der Waals surface area (Å²) in [7, 11) is 4.64. The van der Waals surface area contributed by atoms with Crippen molar-refractivity contribution < 1.29 is 28.6 Å². The van der Waals surface area contributed by atoms with Crippen LogP contribution in [0.1, 0.15) is 31.8 Å². The van der Waals surface area contributed by atoms with Crippen molar-refractivity contribution in [2.24, 2.45) is 0 Å². The zero-order valence-electron chi connectivity index (χ0n) is 23.4. The number of para-hydroxylation sites is 1. The van der Waals surface area contributed by atoms with Crippen LogP contribution in [-0.2, 0) is 4.79 Å². The molecule has 8 heteroatoms. The number of hydrogen-bond acceptors (Lipinski definition) is 6. The fourth-order valence-corrected chi connectivity index (χ4v) is 4.02. The minimum atomic E-state index is -0.546. The average Bonchev–Trinajstić information content (AvgIpc) is 3.04. The van der Waals surface area contributed by atoms with Gasteiger partial charge in [-0.2, -0.15) is 0 Å². The Morgan fingerprint density at radius 3 is 2.05 bits per heavy atom. The van der Waals surface area contributed by atoms with E-state index in [0.717, 1.165) is 5.56 Å². The van der Waals surface area contributed by atoms with E-state index in [2.05, 4.69) is 10.6 Å². The molecule has 42 heavy (non-hydrogen) atoms. The molecule has 8 nitrogen and oxygen atoms in total. The average molecular weight is 563 g/mol. The molecule has 0 saturated heterocycles. The SMILES string of the molecule is COc1ccc(/C=C/C(=O)c2ccc(NC(=O)/C(=C/c3ccccc3OC)NC(=O)c3ccccc3)cc2)c(OC)c1. The molecule has 0 unspecified atom stereocenters. The van der Waals surface area contributed by atoms with Crippen molar-refractivity contribution >= 4 is 35.4 Å². The monoisotopic (exact) mass is 562 g/mol. The highest BCUT2D eigenvalue weighted by atomic mass is 16.5. The van der Waals surface area contributed by atoms with Crippen LogP contribution in [0.4, 0.5) is 5.69 Å². The van der Waals surface area contributed by atoms with Crippen LogP contribution in [0.3, 0.4) is 0 Å². The quantitative estimate of drug-likeness (QED) is 0.171. The third-order valence-corrected chi connectivity index (χ3v) is 6.25. The lowest BCUT2D eigenvalue weighted by molar-refractivity contribution is -0.113. The van der Waals surface area contributed by atoms with Crippen molar-refractivity contribution in [2.75, 3.05) is 26.6 Å². The Bertz CT molecular complexity index is 1630. The summed E-state index contributed by atoms with van der Waals surface area (Å²) < 4.78 is 16.0. The third kappa shape index (κ3) is 7.51. The first kappa shape index (κ1) is 29.4. The van der Waals surface area contributed by atoms with Crippen molar-refractivity contribution in [1.82, 2.24) is 5.32 Å². The zero-order valence-corrected chi connectivity index (χ0v) is 23.4. The van der Waals surface area contributed by atoms with Crippen LogP contribution in [-0.4, -0.2) is 38.9 Å². The molecule has 0 atom stereocenters. The van der Waals surface area contributed by atoms with E-state index in [1.165, 1.54) is 13.2 Å². The van der Waals surface area contributed by atoms with Gasteiger partial charge in [0.25, 0.3) is 11.8 Å². The topological polar surface area (TPSA) is 103 Å². The van der Waals surface area contributed by atoms with Gasteiger partial charge in [-0.05, 0) is 72.8 Å². The van der Waals surface area contributed by atoms with Crippen LogP contribution >= 0.6 is 0 Å². The number of nitrogens with one attached hydrogen (secondary N) is 2. The molecule has 0 aliphatic rings. The Kier molecular flexibility index (Phi) is 9.88. The summed E-state index contributed by atoms with van der Waals surface area (Å²) in [6.45, 7) is 0. The first-order valence-electron chi connectivity index (χ1n) is 13.0. The molecular formula is C34H30N2O6. The second-order valence-corrected chi connectivity index (χ2v) is 8.96. The highest BCUT2D eigenvalue weighted by Gasteiger charge is 2.16. The van der Waals surface area contributed by atoms with Crippen LogP contribution in [0.2, 0.25) is 0 Å². The minimum Gasteiger partial charge on any atom is -0.497 e. The van der Waals surface area contributed by atoms with Crippen molar-refractivity contribution in [3.63, 3.8) is 0 Å². The van der Waals surface area contributed by atoms with Gasteiger partial charge in [-0.25, -0.2) is 0 Å². The standard InChI is InChI=1S/C34H30N2O6/c1-40-28-19-15-24(32(22-28)42-3)16-20-30(37)23-13-17-27(18-14-23)35-34(39)29(21-26-11-7-8-12-31(26)41-2)36-33(38)25-9-5-4-6-10-25/h4-22H,1-3H3,(H,35,39)(H,36,38)/b20-16+,29-21-. The van der Waals surface area contributed by atoms with E-state index < -0.39 is 11.8 Å². The molecule has 0 aromatic heterocycles. The van der Waals surface area contributed by atoms with E-state index in [4.69, 9.17) is 14.2 Å². The predicted molar refractivity (Wildman–Crippen MR) is 163 cm³/mol. The molecular weight excluding hydrogens is 532 g/mol. The molecule has 0 spiro atoms. The molecule has 0 fully saturated rings. The van der Waals surface area contributed by atoms with Crippen molar-refractivity contribution in [2.45, 2.75) is 0 Å². The van der Waals surface area contributed by atoms with Gasteiger partial charge in [0.2, 0.25) is 0 Å². The molecule has 0 bridgehead atoms. The molecule has 0 heterocycles. The van der Waals surface area contributed by atoms with E-state index >= 15 is 0 Å². The van der Waals surface area contributed by atoms with Crippen molar-refractivity contribution in [1.29, 1.82) is 0 Å². The number of carbonyl (C=O) groups is 3. The largest absolute Gasteiger partial charge is 0.497 e. The number of benzene rings is 4. The number of hydrogen-bond donors (Lipinski definition) is 2. The molecule has 2 N–H and O–H groups in total. The van der Waals surface area contributed by atoms with Crippen molar-refractivity contribution in [3.8, 4) is 17.2 Å². The molecule has 0 radical (unpaired) electrons. The predicted octanol–water partition coefficient (Wildman–Crippen LogP) is 6.02. The van der Waals surface area contributed by atoms with Gasteiger partial charge in [0.1, 0.15) is 22.9 Å². The van der Waals surface area contributed by atoms with Gasteiger partial charge in [-0.1, -0.05) is 36.4 Å². The summed E-state index contributed by atoms with van der Waals surface area (Å²) in [6.07, 6.45) is 4.66. The second kappa shape index (κ2) is 14.1. The lowest BCUT2D eigenvalue weighted by atomic mass is 10.1. The Labute approximate surface area is 244 Å². The maximum atomic E-state index is 13.3. The third-order valence-electron chi connectivity index (χ3n) is 6.25. The van der Waals surface area contributed by atoms with Crippen LogP contribution in [0.15, 0.2) is 109 Å². The summed E-state index contributed by atoms with van der Waals surface area (Å²) in [5, 5.41) is 5.49. The number of carbonyl (C=O) groups excluding carboxylic acids is 3. The molecule has 0 saturated carbocycles. The smallest absolute Gasteiger partial charge is 0.272 e. The molecule has 0 aliphatic heterocycles. The van der Waals surface area contributed by atoms with Crippen LogP contribution < -0.4 is 24.8 Å². The van der Waals surface area contributed by atoms with Gasteiger partial charge >= 0.3 is 0 Å². The van der Waals surface area contributed by atoms with Gasteiger partial charge in [0.05, 0.1) is 21.3 Å². The highest BCUT2D eigenvalue weighted by Crippen LogP contribution is 2.26. The zero-order chi connectivity index (χ0) is 29.9. The number of anilines is 1. The fraction of sp³-hybridized carbons (Fsp3) is 0.0882. The summed E-state index contributed by atoms with van der Waals surface area (Å²) in [4.78, 5) is 39.0. The summed E-state index contributed by atoms with van der Waals surface area (Å²) in [5.74, 6) is 0.558. The van der Waals surface area contributed by atoms with Crippen molar-refractivity contribution in [3.05, 3.63) is 131 Å². The Hall–Kier alpha value is -5.63. The van der Waals surface area contributed by atoms with Gasteiger partial charge < -0.3 is 24.8 Å². The first-order valence-corrected chi connectivity index (χ1v) is 13.0. The Morgan fingerprint density at radius 1 is 0.667 bits per heavy atom. The molecule has 0 aliphatic carbocycles. The molecule has 4 aromatic carbocycles. The van der Waals surface area contributed by atoms with Crippen LogP contribution in [0, 0.1) is 0 Å². The lowest BCUT2D eigenvalue weighted by Gasteiger charge is -2.13. The van der Waals surface area contributed by atoms with E-state index in [1.54, 1.807) is 117 Å². The maximum absolute atomic E-state index is 13.3. The normalized spacial score (nSPS) is 11.1. The van der Waals surface area contributed by atoms with Crippen LogP contribution in [0.25, 0.3) is 12.2 Å². The van der Waals surface area contributed by atoms with Crippen LogP contribution in [0.5, 0.6) is 17.2 Å². The number of ether oxygens (including phenoxy) is 3. The Morgan fingerprint density at radius 2 is 1.36 bits per heavy atom. The number of allylic oxidation sites excluding steroid dienone is 1. The second-order valence-electron chi connectivity index (χ2n) is 8.96. The number of ketones is 1. The number of amides is 2. The van der Waals surface area contributed by atoms with E-state index in [-0.39, 0.29) is 11.5 Å². The summed E-state index contributed by atoms with van der Waals surface area (Å²) >= 11 is 0. The van der Waals surface area contributed by atoms with Gasteiger partial charge in [-0.3, -0.25) is 14.4 Å². The first-order chi connectivity index (χ1) is 20.4. The van der Waals surface area contributed by atoms with Gasteiger partial charge in [-0.15, -0.1) is 0 Å². The number of methoxy groups -OCH3 is 3. The Balaban J connectivity index is 1.51. The maximum Gasteiger partial charge on any atom is 0.272 e. The molecule has 2 amide bonds. The highest BCUT2D eigenvalue weighted by molar-refractivity contribution is 6.11. The fourth-order valence-electron chi connectivity index (χ4n) is 4.02. The molecule has 212 valence electrons. The van der Waals surface area contributed by atoms with Gasteiger partial charge in [0, 0.05) is 34.0 Å². The molecule has 4 aromatic rings. The van der Waals surface area contributed by atoms with E-state index in [9.17, 15) is 14.4 Å². The summed E-state index contributed by atoms with van der Waals surface area (Å²) in [6, 6.07) is 27.5. The van der Waals surface area contributed by atoms with Gasteiger partial charge in [0.15, 0.2) is 5.78 Å². The van der Waals surface area contributed by atoms with E-state index in [1.807, 2.05) is 6.07 Å². The van der Waals surface area contributed by atoms with E-state index in [0.29, 0.717) is 39.6 Å². The number of rotatable bonds is 11. The molecule has 4 rings (SSSR count).